The highest BCUT2D eigenvalue weighted by atomic mass is 16.5. The van der Waals surface area contributed by atoms with Crippen LogP contribution >= 0.6 is 0 Å². The van der Waals surface area contributed by atoms with Gasteiger partial charge in [0, 0.05) is 38.6 Å². The molecule has 1 unspecified atom stereocenters. The van der Waals surface area contributed by atoms with E-state index in [4.69, 9.17) is 4.74 Å². The van der Waals surface area contributed by atoms with Gasteiger partial charge in [-0.3, -0.25) is 14.5 Å². The van der Waals surface area contributed by atoms with Crippen molar-refractivity contribution in [3.63, 3.8) is 0 Å². The summed E-state index contributed by atoms with van der Waals surface area (Å²) in [6.45, 7) is 4.15. The molecule has 146 valence electrons. The first-order valence-corrected chi connectivity index (χ1v) is 9.58. The molecular formula is C20H27N3O4. The molecule has 4 amide bonds. The summed E-state index contributed by atoms with van der Waals surface area (Å²) in [5, 5.41) is 0. The summed E-state index contributed by atoms with van der Waals surface area (Å²) < 4.78 is 5.22. The Labute approximate surface area is 159 Å². The molecule has 2 fully saturated rings. The smallest absolute Gasteiger partial charge is 0.327 e. The number of rotatable bonds is 3. The minimum Gasteiger partial charge on any atom is -0.497 e. The molecular weight excluding hydrogens is 346 g/mol. The molecule has 0 saturated carbocycles. The molecule has 0 aliphatic carbocycles. The van der Waals surface area contributed by atoms with Crippen molar-refractivity contribution in [3.05, 3.63) is 29.8 Å². The lowest BCUT2D eigenvalue weighted by molar-refractivity contribution is -0.153. The molecule has 2 aliphatic rings. The Bertz CT molecular complexity index is 704. The molecule has 2 aliphatic heterocycles. The number of nitrogens with zero attached hydrogens (tertiary/aromatic N) is 3. The van der Waals surface area contributed by atoms with Gasteiger partial charge in [-0.15, -0.1) is 0 Å². The minimum atomic E-state index is -0.710. The van der Waals surface area contributed by atoms with Gasteiger partial charge in [-0.2, -0.15) is 0 Å². The fraction of sp³-hybridized carbons (Fsp3) is 0.550. The predicted molar refractivity (Wildman–Crippen MR) is 101 cm³/mol. The highest BCUT2D eigenvalue weighted by Crippen LogP contribution is 2.28. The standard InChI is InChI=1S/C20H27N3O4/c1-3-21-12-13-23(19(25)18(21)24)20(26)22-11-5-4-6-16(14-22)15-7-9-17(27-2)10-8-15/h7-10,16H,3-6,11-14H2,1-2H3. The van der Waals surface area contributed by atoms with E-state index in [1.807, 2.05) is 31.2 Å². The summed E-state index contributed by atoms with van der Waals surface area (Å²) in [5.41, 5.74) is 1.16. The van der Waals surface area contributed by atoms with Crippen molar-refractivity contribution in [1.82, 2.24) is 14.7 Å². The number of amides is 4. The van der Waals surface area contributed by atoms with E-state index in [2.05, 4.69) is 0 Å². The number of hydrogen-bond donors (Lipinski definition) is 0. The van der Waals surface area contributed by atoms with Crippen LogP contribution in [0, 0.1) is 0 Å². The number of piperazine rings is 1. The largest absolute Gasteiger partial charge is 0.497 e. The van der Waals surface area contributed by atoms with Crippen molar-refractivity contribution in [2.24, 2.45) is 0 Å². The Morgan fingerprint density at radius 3 is 2.48 bits per heavy atom. The lowest BCUT2D eigenvalue weighted by Crippen LogP contribution is -2.59. The average molecular weight is 373 g/mol. The molecule has 1 atom stereocenters. The number of hydrogen-bond acceptors (Lipinski definition) is 4. The van der Waals surface area contributed by atoms with Gasteiger partial charge < -0.3 is 14.5 Å². The second-order valence-corrected chi connectivity index (χ2v) is 7.04. The summed E-state index contributed by atoms with van der Waals surface area (Å²) in [6, 6.07) is 7.58. The van der Waals surface area contributed by atoms with E-state index in [-0.39, 0.29) is 18.5 Å². The topological polar surface area (TPSA) is 70.2 Å². The van der Waals surface area contributed by atoms with Crippen LogP contribution in [0.5, 0.6) is 5.75 Å². The van der Waals surface area contributed by atoms with Gasteiger partial charge in [-0.1, -0.05) is 18.6 Å². The van der Waals surface area contributed by atoms with Crippen LogP contribution in [0.15, 0.2) is 24.3 Å². The molecule has 2 heterocycles. The van der Waals surface area contributed by atoms with Gasteiger partial charge >= 0.3 is 17.8 Å². The molecule has 0 aromatic heterocycles. The number of methoxy groups -OCH3 is 1. The monoisotopic (exact) mass is 373 g/mol. The van der Waals surface area contributed by atoms with Crippen LogP contribution in [0.25, 0.3) is 0 Å². The first-order valence-electron chi connectivity index (χ1n) is 9.58. The van der Waals surface area contributed by atoms with Gasteiger partial charge in [0.05, 0.1) is 7.11 Å². The fourth-order valence-electron chi connectivity index (χ4n) is 3.79. The number of imide groups is 1. The van der Waals surface area contributed by atoms with E-state index in [1.54, 1.807) is 12.0 Å². The summed E-state index contributed by atoms with van der Waals surface area (Å²) in [4.78, 5) is 41.8. The van der Waals surface area contributed by atoms with Crippen LogP contribution in [-0.2, 0) is 9.59 Å². The molecule has 7 heteroatoms. The summed E-state index contributed by atoms with van der Waals surface area (Å²) in [5.74, 6) is -0.278. The lowest BCUT2D eigenvalue weighted by atomic mass is 9.94. The van der Waals surface area contributed by atoms with Crippen molar-refractivity contribution in [2.45, 2.75) is 32.1 Å². The normalized spacial score (nSPS) is 21.3. The Morgan fingerprint density at radius 2 is 1.81 bits per heavy atom. The molecule has 1 aromatic rings. The molecule has 2 saturated heterocycles. The van der Waals surface area contributed by atoms with Gasteiger partial charge in [-0.05, 0) is 37.5 Å². The Balaban J connectivity index is 1.72. The number of ether oxygens (including phenoxy) is 1. The average Bonchev–Trinajstić information content (AvgIpc) is 2.96. The number of likely N-dealkylation sites (N-methyl/N-ethyl adjacent to an activating group) is 1. The van der Waals surface area contributed by atoms with Crippen molar-refractivity contribution < 1.29 is 19.1 Å². The molecule has 1 aromatic carbocycles. The van der Waals surface area contributed by atoms with Gasteiger partial charge in [0.1, 0.15) is 5.75 Å². The van der Waals surface area contributed by atoms with Crippen molar-refractivity contribution in [1.29, 1.82) is 0 Å². The molecule has 7 nitrogen and oxygen atoms in total. The second-order valence-electron chi connectivity index (χ2n) is 7.04. The van der Waals surface area contributed by atoms with Crippen molar-refractivity contribution >= 4 is 17.8 Å². The third kappa shape index (κ3) is 4.07. The van der Waals surface area contributed by atoms with E-state index in [1.165, 1.54) is 4.90 Å². The fourth-order valence-corrected chi connectivity index (χ4v) is 3.79. The third-order valence-electron chi connectivity index (χ3n) is 5.45. The summed E-state index contributed by atoms with van der Waals surface area (Å²) in [6.07, 6.45) is 2.92. The van der Waals surface area contributed by atoms with Gasteiger partial charge in [0.2, 0.25) is 0 Å². The van der Waals surface area contributed by atoms with Gasteiger partial charge in [0.25, 0.3) is 0 Å². The summed E-state index contributed by atoms with van der Waals surface area (Å²) >= 11 is 0. The number of carbonyl (C=O) groups is 3. The van der Waals surface area contributed by atoms with Crippen LogP contribution in [-0.4, -0.2) is 72.4 Å². The maximum Gasteiger partial charge on any atom is 0.327 e. The zero-order valence-electron chi connectivity index (χ0n) is 16.0. The number of urea groups is 1. The molecule has 0 N–H and O–H groups in total. The summed E-state index contributed by atoms with van der Waals surface area (Å²) in [7, 11) is 1.64. The van der Waals surface area contributed by atoms with Crippen molar-refractivity contribution in [3.8, 4) is 5.75 Å². The minimum absolute atomic E-state index is 0.213. The quantitative estimate of drug-likeness (QED) is 0.761. The Morgan fingerprint density at radius 1 is 1.07 bits per heavy atom. The first kappa shape index (κ1) is 19.2. The SMILES string of the molecule is CCN1CCN(C(=O)N2CCCCC(c3ccc(OC)cc3)C2)C(=O)C1=O. The van der Waals surface area contributed by atoms with Crippen LogP contribution in [0.2, 0.25) is 0 Å². The molecule has 0 spiro atoms. The van der Waals surface area contributed by atoms with Crippen LogP contribution in [0.4, 0.5) is 4.79 Å². The Kier molecular flexibility index (Phi) is 5.98. The van der Waals surface area contributed by atoms with E-state index in [9.17, 15) is 14.4 Å². The zero-order chi connectivity index (χ0) is 19.4. The number of benzene rings is 1. The zero-order valence-corrected chi connectivity index (χ0v) is 16.0. The highest BCUT2D eigenvalue weighted by Gasteiger charge is 2.38. The molecule has 27 heavy (non-hydrogen) atoms. The maximum absolute atomic E-state index is 13.0. The number of carbonyl (C=O) groups excluding carboxylic acids is 3. The second kappa shape index (κ2) is 8.41. The predicted octanol–water partition coefficient (Wildman–Crippen LogP) is 2.08. The third-order valence-corrected chi connectivity index (χ3v) is 5.45. The molecule has 0 radical (unpaired) electrons. The first-order chi connectivity index (χ1) is 13.0. The highest BCUT2D eigenvalue weighted by molar-refractivity contribution is 6.38. The van der Waals surface area contributed by atoms with Gasteiger partial charge in [-0.25, -0.2) is 4.79 Å². The maximum atomic E-state index is 13.0. The van der Waals surface area contributed by atoms with Gasteiger partial charge in [0.15, 0.2) is 0 Å². The van der Waals surface area contributed by atoms with E-state index in [0.29, 0.717) is 26.2 Å². The van der Waals surface area contributed by atoms with E-state index in [0.717, 1.165) is 35.5 Å². The molecule has 0 bridgehead atoms. The Hall–Kier alpha value is -2.57. The molecule has 3 rings (SSSR count). The van der Waals surface area contributed by atoms with E-state index >= 15 is 0 Å². The van der Waals surface area contributed by atoms with Crippen LogP contribution in [0.1, 0.15) is 37.7 Å². The number of likely N-dealkylation sites (tertiary alicyclic amines) is 1. The lowest BCUT2D eigenvalue weighted by Gasteiger charge is -2.35. The van der Waals surface area contributed by atoms with Crippen LogP contribution in [0.3, 0.4) is 0 Å². The van der Waals surface area contributed by atoms with Crippen LogP contribution < -0.4 is 4.74 Å². The van der Waals surface area contributed by atoms with E-state index < -0.39 is 11.8 Å². The van der Waals surface area contributed by atoms with Crippen molar-refractivity contribution in [2.75, 3.05) is 39.8 Å².